The van der Waals surface area contributed by atoms with Crippen molar-refractivity contribution in [2.24, 2.45) is 0 Å². The van der Waals surface area contributed by atoms with Gasteiger partial charge in [0.1, 0.15) is 0 Å². The van der Waals surface area contributed by atoms with Gasteiger partial charge in [0, 0.05) is 6.54 Å². The molecular formula is C17H19NO. The third-order valence-corrected chi connectivity index (χ3v) is 3.06. The topological polar surface area (TPSA) is 29.1 Å². The van der Waals surface area contributed by atoms with E-state index >= 15 is 0 Å². The molecule has 1 N–H and O–H groups in total. The molecular weight excluding hydrogens is 234 g/mol. The number of hydrogen-bond donors (Lipinski definition) is 1. The van der Waals surface area contributed by atoms with E-state index in [9.17, 15) is 4.79 Å². The zero-order valence-electron chi connectivity index (χ0n) is 11.4. The standard InChI is InChI=1S/C17H19NO/c1-13-6-8-15(9-7-13)12-18-17(19)11-16-5-3-4-14(2)10-16/h3-10H,11-12H2,1-2H3,(H,18,19). The molecule has 0 saturated carbocycles. The van der Waals surface area contributed by atoms with E-state index in [1.807, 2.05) is 43.3 Å². The number of aryl methyl sites for hydroxylation is 2. The van der Waals surface area contributed by atoms with Gasteiger partial charge in [-0.05, 0) is 25.0 Å². The Hall–Kier alpha value is -2.09. The summed E-state index contributed by atoms with van der Waals surface area (Å²) in [6.07, 6.45) is 0.438. The molecule has 0 radical (unpaired) electrons. The molecule has 0 fully saturated rings. The molecule has 2 heteroatoms. The summed E-state index contributed by atoms with van der Waals surface area (Å²) < 4.78 is 0. The van der Waals surface area contributed by atoms with E-state index in [2.05, 4.69) is 24.4 Å². The van der Waals surface area contributed by atoms with Crippen molar-refractivity contribution in [2.45, 2.75) is 26.8 Å². The van der Waals surface area contributed by atoms with Crippen LogP contribution in [0, 0.1) is 13.8 Å². The van der Waals surface area contributed by atoms with Crippen LogP contribution < -0.4 is 5.32 Å². The van der Waals surface area contributed by atoms with Crippen molar-refractivity contribution in [2.75, 3.05) is 0 Å². The highest BCUT2D eigenvalue weighted by Crippen LogP contribution is 2.05. The first-order valence-corrected chi connectivity index (χ1v) is 6.51. The lowest BCUT2D eigenvalue weighted by atomic mass is 10.1. The van der Waals surface area contributed by atoms with Gasteiger partial charge in [0.25, 0.3) is 0 Å². The molecule has 1 amide bonds. The maximum atomic E-state index is 11.9. The summed E-state index contributed by atoms with van der Waals surface area (Å²) in [5.74, 6) is 0.0613. The summed E-state index contributed by atoms with van der Waals surface area (Å²) in [4.78, 5) is 11.9. The fourth-order valence-electron chi connectivity index (χ4n) is 1.98. The summed E-state index contributed by atoms with van der Waals surface area (Å²) >= 11 is 0. The van der Waals surface area contributed by atoms with E-state index in [4.69, 9.17) is 0 Å². The van der Waals surface area contributed by atoms with Gasteiger partial charge in [-0.25, -0.2) is 0 Å². The van der Waals surface area contributed by atoms with Crippen LogP contribution in [-0.4, -0.2) is 5.91 Å². The first-order chi connectivity index (χ1) is 9.13. The molecule has 0 saturated heterocycles. The van der Waals surface area contributed by atoms with Gasteiger partial charge in [-0.1, -0.05) is 59.7 Å². The van der Waals surface area contributed by atoms with Crippen LogP contribution in [0.5, 0.6) is 0 Å². The van der Waals surface area contributed by atoms with E-state index in [-0.39, 0.29) is 5.91 Å². The number of nitrogens with one attached hydrogen (secondary N) is 1. The smallest absolute Gasteiger partial charge is 0.224 e. The molecule has 2 aromatic carbocycles. The van der Waals surface area contributed by atoms with Crippen molar-refractivity contribution in [3.63, 3.8) is 0 Å². The normalized spacial score (nSPS) is 10.2. The summed E-state index contributed by atoms with van der Waals surface area (Å²) in [5.41, 5.74) is 4.60. The minimum Gasteiger partial charge on any atom is -0.352 e. The lowest BCUT2D eigenvalue weighted by Gasteiger charge is -2.06. The van der Waals surface area contributed by atoms with Crippen LogP contribution in [0.3, 0.4) is 0 Å². The summed E-state index contributed by atoms with van der Waals surface area (Å²) in [6, 6.07) is 16.3. The van der Waals surface area contributed by atoms with Crippen molar-refractivity contribution in [1.82, 2.24) is 5.32 Å². The van der Waals surface area contributed by atoms with Crippen LogP contribution in [0.4, 0.5) is 0 Å². The molecule has 2 rings (SSSR count). The first-order valence-electron chi connectivity index (χ1n) is 6.51. The van der Waals surface area contributed by atoms with Crippen LogP contribution in [-0.2, 0) is 17.8 Å². The Morgan fingerprint density at radius 1 is 0.947 bits per heavy atom. The predicted octanol–water partition coefficient (Wildman–Crippen LogP) is 3.16. The van der Waals surface area contributed by atoms with Gasteiger partial charge < -0.3 is 5.32 Å². The largest absolute Gasteiger partial charge is 0.352 e. The lowest BCUT2D eigenvalue weighted by molar-refractivity contribution is -0.120. The van der Waals surface area contributed by atoms with Crippen LogP contribution in [0.2, 0.25) is 0 Å². The highest BCUT2D eigenvalue weighted by Gasteiger charge is 2.03. The van der Waals surface area contributed by atoms with Crippen molar-refractivity contribution in [3.8, 4) is 0 Å². The first kappa shape index (κ1) is 13.3. The van der Waals surface area contributed by atoms with Gasteiger partial charge in [0.15, 0.2) is 0 Å². The fraction of sp³-hybridized carbons (Fsp3) is 0.235. The van der Waals surface area contributed by atoms with Gasteiger partial charge in [0.05, 0.1) is 6.42 Å². The van der Waals surface area contributed by atoms with Gasteiger partial charge in [0.2, 0.25) is 5.91 Å². The minimum atomic E-state index is 0.0613. The molecule has 0 spiro atoms. The van der Waals surface area contributed by atoms with E-state index in [1.165, 1.54) is 11.1 Å². The Morgan fingerprint density at radius 2 is 1.68 bits per heavy atom. The van der Waals surface area contributed by atoms with Crippen LogP contribution in [0.15, 0.2) is 48.5 Å². The Labute approximate surface area is 114 Å². The van der Waals surface area contributed by atoms with Crippen LogP contribution in [0.25, 0.3) is 0 Å². The molecule has 2 aromatic rings. The average molecular weight is 253 g/mol. The summed E-state index contributed by atoms with van der Waals surface area (Å²) in [5, 5.41) is 2.95. The molecule has 98 valence electrons. The monoisotopic (exact) mass is 253 g/mol. The lowest BCUT2D eigenvalue weighted by Crippen LogP contribution is -2.24. The SMILES string of the molecule is Cc1ccc(CNC(=O)Cc2cccc(C)c2)cc1. The highest BCUT2D eigenvalue weighted by atomic mass is 16.1. The van der Waals surface area contributed by atoms with E-state index in [0.717, 1.165) is 11.1 Å². The second-order valence-electron chi connectivity index (χ2n) is 4.93. The van der Waals surface area contributed by atoms with Crippen molar-refractivity contribution < 1.29 is 4.79 Å². The van der Waals surface area contributed by atoms with Crippen LogP contribution >= 0.6 is 0 Å². The van der Waals surface area contributed by atoms with Gasteiger partial charge >= 0.3 is 0 Å². The van der Waals surface area contributed by atoms with E-state index in [1.54, 1.807) is 0 Å². The van der Waals surface area contributed by atoms with Crippen LogP contribution in [0.1, 0.15) is 22.3 Å². The Morgan fingerprint density at radius 3 is 2.37 bits per heavy atom. The minimum absolute atomic E-state index is 0.0613. The zero-order valence-corrected chi connectivity index (χ0v) is 11.4. The molecule has 0 heterocycles. The number of carbonyl (C=O) groups excluding carboxylic acids is 1. The zero-order chi connectivity index (χ0) is 13.7. The summed E-state index contributed by atoms with van der Waals surface area (Å²) in [6.45, 7) is 4.68. The molecule has 0 aromatic heterocycles. The van der Waals surface area contributed by atoms with E-state index < -0.39 is 0 Å². The fourth-order valence-corrected chi connectivity index (χ4v) is 1.98. The molecule has 0 aliphatic heterocycles. The molecule has 0 unspecified atom stereocenters. The Bertz CT molecular complexity index is 558. The molecule has 0 aliphatic carbocycles. The third-order valence-electron chi connectivity index (χ3n) is 3.06. The maximum absolute atomic E-state index is 11.9. The molecule has 2 nitrogen and oxygen atoms in total. The predicted molar refractivity (Wildman–Crippen MR) is 77.9 cm³/mol. The van der Waals surface area contributed by atoms with Gasteiger partial charge in [-0.2, -0.15) is 0 Å². The second-order valence-corrected chi connectivity index (χ2v) is 4.93. The van der Waals surface area contributed by atoms with Crippen molar-refractivity contribution >= 4 is 5.91 Å². The third kappa shape index (κ3) is 4.25. The second kappa shape index (κ2) is 6.19. The van der Waals surface area contributed by atoms with Gasteiger partial charge in [-0.15, -0.1) is 0 Å². The molecule has 0 bridgehead atoms. The van der Waals surface area contributed by atoms with Crippen molar-refractivity contribution in [3.05, 3.63) is 70.8 Å². The van der Waals surface area contributed by atoms with E-state index in [0.29, 0.717) is 13.0 Å². The number of hydrogen-bond acceptors (Lipinski definition) is 1. The number of benzene rings is 2. The maximum Gasteiger partial charge on any atom is 0.224 e. The highest BCUT2D eigenvalue weighted by molar-refractivity contribution is 5.78. The number of carbonyl (C=O) groups is 1. The average Bonchev–Trinajstić information content (AvgIpc) is 2.38. The molecule has 0 aliphatic rings. The summed E-state index contributed by atoms with van der Waals surface area (Å²) in [7, 11) is 0. The Balaban J connectivity index is 1.86. The van der Waals surface area contributed by atoms with Gasteiger partial charge in [-0.3, -0.25) is 4.79 Å². The molecule has 19 heavy (non-hydrogen) atoms. The number of rotatable bonds is 4. The molecule has 0 atom stereocenters. The Kier molecular flexibility index (Phi) is 4.35. The quantitative estimate of drug-likeness (QED) is 0.891. The number of amides is 1. The van der Waals surface area contributed by atoms with Crippen molar-refractivity contribution in [1.29, 1.82) is 0 Å².